The zero-order valence-corrected chi connectivity index (χ0v) is 17.8. The van der Waals surface area contributed by atoms with E-state index in [1.807, 2.05) is 12.1 Å². The highest BCUT2D eigenvalue weighted by molar-refractivity contribution is 5.85. The van der Waals surface area contributed by atoms with Gasteiger partial charge in [0.05, 0.1) is 5.92 Å². The van der Waals surface area contributed by atoms with Crippen molar-refractivity contribution in [1.82, 2.24) is 0 Å². The van der Waals surface area contributed by atoms with Crippen LogP contribution in [0.25, 0.3) is 10.8 Å². The van der Waals surface area contributed by atoms with Crippen LogP contribution in [0.5, 0.6) is 5.75 Å². The number of hydrogen-bond donors (Lipinski definition) is 0. The summed E-state index contributed by atoms with van der Waals surface area (Å²) in [6, 6.07) is 10.1. The van der Waals surface area contributed by atoms with E-state index in [0.717, 1.165) is 55.2 Å². The van der Waals surface area contributed by atoms with Crippen molar-refractivity contribution in [3.05, 3.63) is 54.9 Å². The minimum atomic E-state index is -0.251. The quantitative estimate of drug-likeness (QED) is 0.282. The fourth-order valence-corrected chi connectivity index (χ4v) is 5.61. The Labute approximate surface area is 179 Å². The summed E-state index contributed by atoms with van der Waals surface area (Å²) in [6.07, 6.45) is 14.1. The molecule has 0 atom stereocenters. The molecule has 0 heterocycles. The van der Waals surface area contributed by atoms with Gasteiger partial charge in [-0.1, -0.05) is 31.1 Å². The molecule has 160 valence electrons. The van der Waals surface area contributed by atoms with Crippen molar-refractivity contribution in [3.8, 4) is 5.75 Å². The predicted molar refractivity (Wildman–Crippen MR) is 120 cm³/mol. The molecule has 4 rings (SSSR count). The molecule has 2 saturated carbocycles. The van der Waals surface area contributed by atoms with E-state index in [9.17, 15) is 9.18 Å². The molecule has 0 saturated heterocycles. The van der Waals surface area contributed by atoms with E-state index in [2.05, 4.69) is 6.58 Å². The van der Waals surface area contributed by atoms with Gasteiger partial charge in [0.25, 0.3) is 0 Å². The van der Waals surface area contributed by atoms with Gasteiger partial charge in [-0.3, -0.25) is 4.79 Å². The number of fused-ring (bicyclic) bond motifs is 1. The summed E-state index contributed by atoms with van der Waals surface area (Å²) < 4.78 is 19.5. The molecule has 0 radical (unpaired) electrons. The lowest BCUT2D eigenvalue weighted by Gasteiger charge is -2.37. The Kier molecular flexibility index (Phi) is 6.86. The fourth-order valence-electron chi connectivity index (χ4n) is 5.61. The van der Waals surface area contributed by atoms with E-state index in [0.29, 0.717) is 11.1 Å². The molecular weight excluding hydrogens is 375 g/mol. The van der Waals surface area contributed by atoms with Crippen LogP contribution in [-0.4, -0.2) is 5.97 Å². The maximum Gasteiger partial charge on any atom is 0.314 e. The predicted octanol–water partition coefficient (Wildman–Crippen LogP) is 7.46. The molecular formula is C27H33FO2. The van der Waals surface area contributed by atoms with E-state index < -0.39 is 0 Å². The van der Waals surface area contributed by atoms with Crippen LogP contribution in [0.3, 0.4) is 0 Å². The highest BCUT2D eigenvalue weighted by Gasteiger charge is 2.33. The highest BCUT2D eigenvalue weighted by Crippen LogP contribution is 2.42. The molecule has 3 heteroatoms. The number of ether oxygens (including phenoxy) is 1. The molecule has 0 bridgehead atoms. The van der Waals surface area contributed by atoms with Crippen molar-refractivity contribution in [1.29, 1.82) is 0 Å². The largest absolute Gasteiger partial charge is 0.426 e. The lowest BCUT2D eigenvalue weighted by Crippen LogP contribution is -2.30. The molecule has 0 N–H and O–H groups in total. The average Bonchev–Trinajstić information content (AvgIpc) is 2.78. The van der Waals surface area contributed by atoms with E-state index in [-0.39, 0.29) is 17.7 Å². The Hall–Kier alpha value is -2.16. The minimum absolute atomic E-state index is 0.00612. The monoisotopic (exact) mass is 408 g/mol. The Balaban J connectivity index is 1.26. The summed E-state index contributed by atoms with van der Waals surface area (Å²) >= 11 is 0. The van der Waals surface area contributed by atoms with E-state index in [4.69, 9.17) is 4.74 Å². The van der Waals surface area contributed by atoms with Crippen molar-refractivity contribution < 1.29 is 13.9 Å². The van der Waals surface area contributed by atoms with Gasteiger partial charge in [0, 0.05) is 5.39 Å². The van der Waals surface area contributed by atoms with Crippen molar-refractivity contribution >= 4 is 16.7 Å². The number of esters is 1. The van der Waals surface area contributed by atoms with Gasteiger partial charge < -0.3 is 4.74 Å². The molecule has 2 aliphatic carbocycles. The smallest absolute Gasteiger partial charge is 0.314 e. The van der Waals surface area contributed by atoms with Gasteiger partial charge in [0.1, 0.15) is 11.6 Å². The zero-order chi connectivity index (χ0) is 20.9. The van der Waals surface area contributed by atoms with Crippen molar-refractivity contribution in [2.45, 2.75) is 64.2 Å². The maximum absolute atomic E-state index is 13.8. The second-order valence-corrected chi connectivity index (χ2v) is 9.30. The first kappa shape index (κ1) is 21.1. The fraction of sp³-hybridized carbons (Fsp3) is 0.519. The first-order valence-corrected chi connectivity index (χ1v) is 11.6. The summed E-state index contributed by atoms with van der Waals surface area (Å²) in [5.41, 5.74) is 0. The lowest BCUT2D eigenvalue weighted by molar-refractivity contribution is -0.140. The van der Waals surface area contributed by atoms with Gasteiger partial charge in [0.15, 0.2) is 0 Å². The van der Waals surface area contributed by atoms with Crippen LogP contribution >= 0.6 is 0 Å². The van der Waals surface area contributed by atoms with Crippen LogP contribution in [0.4, 0.5) is 4.39 Å². The first-order chi connectivity index (χ1) is 14.6. The Morgan fingerprint density at radius 1 is 1.00 bits per heavy atom. The van der Waals surface area contributed by atoms with Crippen LogP contribution in [0, 0.1) is 29.5 Å². The normalized spacial score (nSPS) is 27.0. The zero-order valence-electron chi connectivity index (χ0n) is 17.8. The van der Waals surface area contributed by atoms with E-state index >= 15 is 0 Å². The van der Waals surface area contributed by atoms with Crippen molar-refractivity contribution in [2.24, 2.45) is 23.7 Å². The summed E-state index contributed by atoms with van der Waals surface area (Å²) in [5.74, 6) is 2.64. The highest BCUT2D eigenvalue weighted by atomic mass is 19.1. The Morgan fingerprint density at radius 3 is 2.40 bits per heavy atom. The van der Waals surface area contributed by atoms with Gasteiger partial charge in [0.2, 0.25) is 0 Å². The third-order valence-corrected chi connectivity index (χ3v) is 7.46. The van der Waals surface area contributed by atoms with Crippen molar-refractivity contribution in [2.75, 3.05) is 0 Å². The molecule has 2 fully saturated rings. The molecule has 2 aromatic rings. The van der Waals surface area contributed by atoms with Crippen LogP contribution in [0.15, 0.2) is 49.1 Å². The van der Waals surface area contributed by atoms with Crippen LogP contribution in [-0.2, 0) is 4.79 Å². The molecule has 30 heavy (non-hydrogen) atoms. The van der Waals surface area contributed by atoms with Gasteiger partial charge in [-0.05, 0) is 98.8 Å². The number of hydrogen-bond acceptors (Lipinski definition) is 2. The van der Waals surface area contributed by atoms with Gasteiger partial charge in [-0.2, -0.15) is 0 Å². The Morgan fingerprint density at radius 2 is 1.70 bits per heavy atom. The number of allylic oxidation sites excluding steroid dienone is 1. The van der Waals surface area contributed by atoms with Crippen LogP contribution in [0.1, 0.15) is 64.2 Å². The summed E-state index contributed by atoms with van der Waals surface area (Å²) in [7, 11) is 0. The van der Waals surface area contributed by atoms with Gasteiger partial charge >= 0.3 is 5.97 Å². The first-order valence-electron chi connectivity index (χ1n) is 11.6. The minimum Gasteiger partial charge on any atom is -0.426 e. The maximum atomic E-state index is 13.8. The number of halogens is 1. The second kappa shape index (κ2) is 9.76. The second-order valence-electron chi connectivity index (χ2n) is 9.30. The van der Waals surface area contributed by atoms with Crippen LogP contribution < -0.4 is 4.74 Å². The SMILES string of the molecule is C=CCCC1CCC(C2CCC(C(=O)Oc3ccc4c(F)cccc4c3)CC2)CC1. The van der Waals surface area contributed by atoms with Crippen molar-refractivity contribution in [3.63, 3.8) is 0 Å². The molecule has 0 spiro atoms. The average molecular weight is 409 g/mol. The number of carbonyl (C=O) groups excluding carboxylic acids is 1. The van der Waals surface area contributed by atoms with Gasteiger partial charge in [-0.25, -0.2) is 4.39 Å². The number of carbonyl (C=O) groups is 1. The lowest BCUT2D eigenvalue weighted by atomic mass is 9.69. The standard InChI is InChI=1S/C27H33FO2/c1-2-3-5-19-8-10-20(11-9-19)21-12-14-22(15-13-21)27(29)30-24-16-17-25-23(18-24)6-4-7-26(25)28/h2,4,6-7,16-22H,1,3,5,8-15H2. The van der Waals surface area contributed by atoms with E-state index in [1.54, 1.807) is 24.3 Å². The molecule has 2 nitrogen and oxygen atoms in total. The Bertz CT molecular complexity index is 874. The summed E-state index contributed by atoms with van der Waals surface area (Å²) in [6.45, 7) is 3.85. The topological polar surface area (TPSA) is 26.3 Å². The van der Waals surface area contributed by atoms with E-state index in [1.165, 1.54) is 38.2 Å². The van der Waals surface area contributed by atoms with Gasteiger partial charge in [-0.15, -0.1) is 6.58 Å². The molecule has 0 amide bonds. The molecule has 0 unspecified atom stereocenters. The third kappa shape index (κ3) is 4.94. The number of rotatable bonds is 6. The third-order valence-electron chi connectivity index (χ3n) is 7.46. The number of benzene rings is 2. The molecule has 2 aliphatic rings. The molecule has 2 aromatic carbocycles. The summed E-state index contributed by atoms with van der Waals surface area (Å²) in [5, 5.41) is 1.31. The molecule has 0 aliphatic heterocycles. The van der Waals surface area contributed by atoms with Crippen LogP contribution in [0.2, 0.25) is 0 Å². The summed E-state index contributed by atoms with van der Waals surface area (Å²) in [4.78, 5) is 12.7. The molecule has 0 aromatic heterocycles.